The van der Waals surface area contributed by atoms with Gasteiger partial charge in [-0.1, -0.05) is 6.42 Å². The van der Waals surface area contributed by atoms with E-state index in [1.807, 2.05) is 13.8 Å². The molecule has 2 aliphatic heterocycles. The van der Waals surface area contributed by atoms with E-state index >= 15 is 0 Å². The van der Waals surface area contributed by atoms with Gasteiger partial charge in [0.15, 0.2) is 0 Å². The van der Waals surface area contributed by atoms with Gasteiger partial charge in [0.25, 0.3) is 5.56 Å². The molecule has 0 aromatic carbocycles. The van der Waals surface area contributed by atoms with Crippen LogP contribution >= 0.6 is 11.3 Å². The molecule has 2 fully saturated rings. The number of fused-ring (bicyclic) bond motifs is 2. The Morgan fingerprint density at radius 3 is 2.93 bits per heavy atom. The number of aromatic nitrogens is 2. The number of amides is 1. The highest BCUT2D eigenvalue weighted by atomic mass is 32.1. The van der Waals surface area contributed by atoms with Crippen molar-refractivity contribution in [2.24, 2.45) is 5.92 Å². The first-order valence-corrected chi connectivity index (χ1v) is 10.8. The number of rotatable bonds is 4. The molecule has 2 aliphatic rings. The van der Waals surface area contributed by atoms with E-state index in [-0.39, 0.29) is 18.0 Å². The molecule has 146 valence electrons. The van der Waals surface area contributed by atoms with E-state index in [2.05, 4.69) is 15.2 Å². The summed E-state index contributed by atoms with van der Waals surface area (Å²) < 4.78 is 1.44. The molecular formula is C20H28N4O2S. The highest BCUT2D eigenvalue weighted by Gasteiger charge is 2.32. The maximum Gasteiger partial charge on any atom is 0.262 e. The Bertz CT molecular complexity index is 901. The molecule has 0 saturated carbocycles. The first kappa shape index (κ1) is 18.6. The molecule has 27 heavy (non-hydrogen) atoms. The van der Waals surface area contributed by atoms with Crippen molar-refractivity contribution in [2.75, 3.05) is 19.6 Å². The van der Waals surface area contributed by atoms with Gasteiger partial charge in [-0.05, 0) is 64.1 Å². The zero-order valence-corrected chi connectivity index (χ0v) is 17.0. The molecule has 4 heterocycles. The molecule has 2 saturated heterocycles. The van der Waals surface area contributed by atoms with Gasteiger partial charge in [0.2, 0.25) is 5.91 Å². The van der Waals surface area contributed by atoms with Crippen LogP contribution in [0.4, 0.5) is 0 Å². The fourth-order valence-electron chi connectivity index (χ4n) is 4.65. The SMILES string of the molecule is Cc1sc2ncn(CC(=O)NCC3CCCN4CCCCC34)c(=O)c2c1C. The summed E-state index contributed by atoms with van der Waals surface area (Å²) in [6.45, 7) is 7.10. The van der Waals surface area contributed by atoms with Gasteiger partial charge in [-0.25, -0.2) is 4.98 Å². The summed E-state index contributed by atoms with van der Waals surface area (Å²) in [5, 5.41) is 3.73. The molecule has 0 bridgehead atoms. The third-order valence-corrected chi connectivity index (χ3v) is 7.38. The Morgan fingerprint density at radius 1 is 1.26 bits per heavy atom. The van der Waals surface area contributed by atoms with E-state index in [1.165, 1.54) is 67.4 Å². The number of hydrogen-bond acceptors (Lipinski definition) is 5. The van der Waals surface area contributed by atoms with Gasteiger partial charge in [-0.2, -0.15) is 0 Å². The van der Waals surface area contributed by atoms with E-state index in [9.17, 15) is 9.59 Å². The van der Waals surface area contributed by atoms with Crippen LogP contribution in [0.1, 0.15) is 42.5 Å². The van der Waals surface area contributed by atoms with Crippen molar-refractivity contribution in [2.45, 2.75) is 58.5 Å². The molecule has 0 radical (unpaired) electrons. The highest BCUT2D eigenvalue weighted by Crippen LogP contribution is 2.30. The predicted molar refractivity (Wildman–Crippen MR) is 108 cm³/mol. The zero-order valence-electron chi connectivity index (χ0n) is 16.2. The van der Waals surface area contributed by atoms with Crippen LogP contribution in [0.25, 0.3) is 10.2 Å². The Kier molecular flexibility index (Phi) is 5.32. The van der Waals surface area contributed by atoms with Gasteiger partial charge in [0.05, 0.1) is 11.7 Å². The molecule has 6 nitrogen and oxygen atoms in total. The van der Waals surface area contributed by atoms with Crippen molar-refractivity contribution in [3.05, 3.63) is 27.1 Å². The third-order valence-electron chi connectivity index (χ3n) is 6.26. The summed E-state index contributed by atoms with van der Waals surface area (Å²) in [6, 6.07) is 0.616. The zero-order chi connectivity index (χ0) is 19.0. The predicted octanol–water partition coefficient (Wildman–Crippen LogP) is 2.46. The molecule has 2 unspecified atom stereocenters. The van der Waals surface area contributed by atoms with Gasteiger partial charge in [-0.3, -0.25) is 14.2 Å². The number of hydrogen-bond donors (Lipinski definition) is 1. The van der Waals surface area contributed by atoms with Gasteiger partial charge in [-0.15, -0.1) is 11.3 Å². The fourth-order valence-corrected chi connectivity index (χ4v) is 5.64. The molecule has 4 rings (SSSR count). The summed E-state index contributed by atoms with van der Waals surface area (Å²) in [7, 11) is 0. The Morgan fingerprint density at radius 2 is 2.07 bits per heavy atom. The van der Waals surface area contributed by atoms with Crippen LogP contribution in [-0.2, 0) is 11.3 Å². The Balaban J connectivity index is 1.41. The number of nitrogens with one attached hydrogen (secondary N) is 1. The minimum absolute atomic E-state index is 0.0389. The van der Waals surface area contributed by atoms with E-state index < -0.39 is 0 Å². The molecule has 1 amide bonds. The standard InChI is InChI=1S/C20H28N4O2S/c1-13-14(2)27-19-18(13)20(26)24(12-22-19)11-17(25)21-10-15-6-5-9-23-8-4-3-7-16(15)23/h12,15-16H,3-11H2,1-2H3,(H,21,25). The molecule has 0 spiro atoms. The summed E-state index contributed by atoms with van der Waals surface area (Å²) in [4.78, 5) is 34.1. The average molecular weight is 389 g/mol. The van der Waals surface area contributed by atoms with Gasteiger partial charge >= 0.3 is 0 Å². The second kappa shape index (κ2) is 7.72. The lowest BCUT2D eigenvalue weighted by molar-refractivity contribution is -0.122. The molecular weight excluding hydrogens is 360 g/mol. The van der Waals surface area contributed by atoms with E-state index in [0.717, 1.165) is 15.3 Å². The smallest absolute Gasteiger partial charge is 0.262 e. The van der Waals surface area contributed by atoms with Crippen LogP contribution in [0.15, 0.2) is 11.1 Å². The maximum atomic E-state index is 12.7. The number of nitrogens with zero attached hydrogens (tertiary/aromatic N) is 3. The normalized spacial score (nSPS) is 23.3. The second-order valence-corrected chi connectivity index (χ2v) is 9.15. The topological polar surface area (TPSA) is 67.2 Å². The number of carbonyl (C=O) groups is 1. The largest absolute Gasteiger partial charge is 0.354 e. The lowest BCUT2D eigenvalue weighted by Crippen LogP contribution is -2.51. The number of thiophene rings is 1. The van der Waals surface area contributed by atoms with Crippen LogP contribution in [-0.4, -0.2) is 46.0 Å². The van der Waals surface area contributed by atoms with Crippen LogP contribution < -0.4 is 10.9 Å². The van der Waals surface area contributed by atoms with Crippen molar-refractivity contribution in [3.8, 4) is 0 Å². The monoisotopic (exact) mass is 388 g/mol. The van der Waals surface area contributed by atoms with Gasteiger partial charge in [0, 0.05) is 17.5 Å². The van der Waals surface area contributed by atoms with Gasteiger partial charge < -0.3 is 10.2 Å². The fraction of sp³-hybridized carbons (Fsp3) is 0.650. The highest BCUT2D eigenvalue weighted by molar-refractivity contribution is 7.18. The third kappa shape index (κ3) is 3.67. The summed E-state index contributed by atoms with van der Waals surface area (Å²) in [5.74, 6) is 0.429. The molecule has 0 aliphatic carbocycles. The Hall–Kier alpha value is -1.73. The number of piperidine rings is 2. The average Bonchev–Trinajstić information content (AvgIpc) is 2.97. The van der Waals surface area contributed by atoms with E-state index in [4.69, 9.17) is 0 Å². The molecule has 2 atom stereocenters. The van der Waals surface area contributed by atoms with Crippen molar-refractivity contribution >= 4 is 27.5 Å². The summed E-state index contributed by atoms with van der Waals surface area (Å²) in [5.41, 5.74) is 0.856. The van der Waals surface area contributed by atoms with Gasteiger partial charge in [0.1, 0.15) is 11.4 Å². The lowest BCUT2D eigenvalue weighted by Gasteiger charge is -2.44. The van der Waals surface area contributed by atoms with Crippen molar-refractivity contribution in [3.63, 3.8) is 0 Å². The molecule has 7 heteroatoms. The van der Waals surface area contributed by atoms with E-state index in [1.54, 1.807) is 0 Å². The first-order valence-electron chi connectivity index (χ1n) is 10.0. The molecule has 2 aromatic rings. The minimum atomic E-state index is -0.117. The summed E-state index contributed by atoms with van der Waals surface area (Å²) in [6.07, 6.45) is 7.75. The Labute approximate surface area is 163 Å². The number of carbonyl (C=O) groups excluding carboxylic acids is 1. The minimum Gasteiger partial charge on any atom is -0.354 e. The quantitative estimate of drug-likeness (QED) is 0.874. The second-order valence-electron chi connectivity index (χ2n) is 7.95. The lowest BCUT2D eigenvalue weighted by atomic mass is 9.83. The van der Waals surface area contributed by atoms with Crippen molar-refractivity contribution in [1.82, 2.24) is 19.8 Å². The van der Waals surface area contributed by atoms with Crippen LogP contribution in [0, 0.1) is 19.8 Å². The summed E-state index contributed by atoms with van der Waals surface area (Å²) >= 11 is 1.53. The maximum absolute atomic E-state index is 12.7. The van der Waals surface area contributed by atoms with E-state index in [0.29, 0.717) is 23.9 Å². The van der Waals surface area contributed by atoms with Crippen LogP contribution in [0.2, 0.25) is 0 Å². The first-order chi connectivity index (χ1) is 13.0. The van der Waals surface area contributed by atoms with Crippen LogP contribution in [0.5, 0.6) is 0 Å². The van der Waals surface area contributed by atoms with Crippen molar-refractivity contribution in [1.29, 1.82) is 0 Å². The number of aryl methyl sites for hydroxylation is 2. The van der Waals surface area contributed by atoms with Crippen molar-refractivity contribution < 1.29 is 4.79 Å². The molecule has 2 aromatic heterocycles. The molecule has 1 N–H and O–H groups in total. The van der Waals surface area contributed by atoms with Crippen LogP contribution in [0.3, 0.4) is 0 Å².